The summed E-state index contributed by atoms with van der Waals surface area (Å²) in [6, 6.07) is 19.6. The maximum Gasteiger partial charge on any atom is 0.0300 e. The van der Waals surface area contributed by atoms with Crippen LogP contribution in [0.15, 0.2) is 67.0 Å². The number of aromatic nitrogens is 1. The zero-order valence-electron chi connectivity index (χ0n) is 12.3. The summed E-state index contributed by atoms with van der Waals surface area (Å²) in [5, 5.41) is 6.18. The molecule has 1 unspecified atom stereocenters. The van der Waals surface area contributed by atoms with Crippen molar-refractivity contribution in [3.05, 3.63) is 78.1 Å². The van der Waals surface area contributed by atoms with Gasteiger partial charge in [-0.3, -0.25) is 4.98 Å². The molecule has 3 aromatic rings. The monoisotopic (exact) mass is 276 g/mol. The van der Waals surface area contributed by atoms with Crippen LogP contribution in [0.2, 0.25) is 0 Å². The minimum absolute atomic E-state index is 0.353. The van der Waals surface area contributed by atoms with E-state index in [0.29, 0.717) is 6.04 Å². The molecule has 0 amide bonds. The van der Waals surface area contributed by atoms with Gasteiger partial charge in [0, 0.05) is 18.4 Å². The minimum atomic E-state index is 0.353. The Morgan fingerprint density at radius 1 is 1.00 bits per heavy atom. The molecule has 0 aliphatic carbocycles. The fraction of sp³-hybridized carbons (Fsp3) is 0.211. The van der Waals surface area contributed by atoms with E-state index in [-0.39, 0.29) is 0 Å². The van der Waals surface area contributed by atoms with Crippen LogP contribution in [0, 0.1) is 0 Å². The zero-order chi connectivity index (χ0) is 14.5. The van der Waals surface area contributed by atoms with Crippen LogP contribution in [-0.2, 0) is 6.42 Å². The number of nitrogens with zero attached hydrogens (tertiary/aromatic N) is 1. The third-order valence-corrected chi connectivity index (χ3v) is 3.86. The number of pyridine rings is 1. The highest BCUT2D eigenvalue weighted by atomic mass is 14.9. The van der Waals surface area contributed by atoms with Crippen LogP contribution >= 0.6 is 0 Å². The molecule has 0 saturated heterocycles. The van der Waals surface area contributed by atoms with E-state index in [1.54, 1.807) is 0 Å². The lowest BCUT2D eigenvalue weighted by Gasteiger charge is -2.15. The number of benzene rings is 2. The fourth-order valence-electron chi connectivity index (χ4n) is 2.57. The standard InChI is InChI=1S/C19H20N2/c1-15(21-12-10-16-5-4-11-20-14-16)18-9-8-17-6-2-3-7-19(17)13-18/h2-9,11,13-15,21H,10,12H2,1H3. The summed E-state index contributed by atoms with van der Waals surface area (Å²) >= 11 is 0. The number of hydrogen-bond acceptors (Lipinski definition) is 2. The van der Waals surface area contributed by atoms with Crippen molar-refractivity contribution in [2.75, 3.05) is 6.54 Å². The Hall–Kier alpha value is -2.19. The summed E-state index contributed by atoms with van der Waals surface area (Å²) in [5.74, 6) is 0. The van der Waals surface area contributed by atoms with E-state index in [1.165, 1.54) is 21.9 Å². The second kappa shape index (κ2) is 6.51. The van der Waals surface area contributed by atoms with E-state index in [1.807, 2.05) is 18.5 Å². The Bertz CT molecular complexity index is 707. The van der Waals surface area contributed by atoms with Crippen LogP contribution in [0.25, 0.3) is 10.8 Å². The molecule has 0 radical (unpaired) electrons. The van der Waals surface area contributed by atoms with Gasteiger partial charge in [-0.1, -0.05) is 42.5 Å². The van der Waals surface area contributed by atoms with Gasteiger partial charge >= 0.3 is 0 Å². The van der Waals surface area contributed by atoms with Gasteiger partial charge in [0.05, 0.1) is 0 Å². The number of nitrogens with one attached hydrogen (secondary N) is 1. The summed E-state index contributed by atoms with van der Waals surface area (Å²) in [5.41, 5.74) is 2.61. The van der Waals surface area contributed by atoms with Crippen LogP contribution in [-0.4, -0.2) is 11.5 Å². The molecule has 0 aliphatic heterocycles. The Balaban J connectivity index is 1.62. The van der Waals surface area contributed by atoms with Gasteiger partial charge < -0.3 is 5.32 Å². The highest BCUT2D eigenvalue weighted by Gasteiger charge is 2.05. The Labute approximate surface area is 125 Å². The quantitative estimate of drug-likeness (QED) is 0.758. The first-order valence-corrected chi connectivity index (χ1v) is 7.44. The molecular formula is C19H20N2. The van der Waals surface area contributed by atoms with Crippen molar-refractivity contribution in [2.45, 2.75) is 19.4 Å². The number of fused-ring (bicyclic) bond motifs is 1. The third kappa shape index (κ3) is 3.47. The molecule has 0 spiro atoms. The van der Waals surface area contributed by atoms with Crippen molar-refractivity contribution in [2.24, 2.45) is 0 Å². The highest BCUT2D eigenvalue weighted by Crippen LogP contribution is 2.20. The smallest absolute Gasteiger partial charge is 0.0300 e. The lowest BCUT2D eigenvalue weighted by atomic mass is 10.0. The van der Waals surface area contributed by atoms with E-state index >= 15 is 0 Å². The van der Waals surface area contributed by atoms with Crippen molar-refractivity contribution >= 4 is 10.8 Å². The number of hydrogen-bond donors (Lipinski definition) is 1. The molecule has 0 fully saturated rings. The molecule has 1 aromatic heterocycles. The zero-order valence-corrected chi connectivity index (χ0v) is 12.3. The highest BCUT2D eigenvalue weighted by molar-refractivity contribution is 5.83. The van der Waals surface area contributed by atoms with Crippen molar-refractivity contribution in [3.63, 3.8) is 0 Å². The summed E-state index contributed by atoms with van der Waals surface area (Å²) in [6.07, 6.45) is 4.75. The maximum atomic E-state index is 4.15. The Morgan fingerprint density at radius 2 is 1.86 bits per heavy atom. The lowest BCUT2D eigenvalue weighted by Crippen LogP contribution is -2.21. The van der Waals surface area contributed by atoms with E-state index in [0.717, 1.165) is 13.0 Å². The lowest BCUT2D eigenvalue weighted by molar-refractivity contribution is 0.577. The van der Waals surface area contributed by atoms with E-state index in [4.69, 9.17) is 0 Å². The first-order valence-electron chi connectivity index (χ1n) is 7.44. The topological polar surface area (TPSA) is 24.9 Å². The molecule has 0 bridgehead atoms. The molecule has 2 aromatic carbocycles. The molecule has 106 valence electrons. The molecule has 1 N–H and O–H groups in total. The molecule has 1 heterocycles. The Morgan fingerprint density at radius 3 is 2.67 bits per heavy atom. The van der Waals surface area contributed by atoms with Crippen molar-refractivity contribution in [1.29, 1.82) is 0 Å². The average Bonchev–Trinajstić information content (AvgIpc) is 2.55. The van der Waals surface area contributed by atoms with Crippen LogP contribution in [0.1, 0.15) is 24.1 Å². The van der Waals surface area contributed by atoms with Crippen molar-refractivity contribution in [3.8, 4) is 0 Å². The van der Waals surface area contributed by atoms with Crippen LogP contribution < -0.4 is 5.32 Å². The van der Waals surface area contributed by atoms with Gasteiger partial charge in [-0.2, -0.15) is 0 Å². The first kappa shape index (κ1) is 13.8. The molecule has 1 atom stereocenters. The minimum Gasteiger partial charge on any atom is -0.310 e. The Kier molecular flexibility index (Phi) is 4.27. The molecule has 2 nitrogen and oxygen atoms in total. The molecular weight excluding hydrogens is 256 g/mol. The molecule has 21 heavy (non-hydrogen) atoms. The average molecular weight is 276 g/mol. The van der Waals surface area contributed by atoms with E-state index in [9.17, 15) is 0 Å². The normalized spacial score (nSPS) is 12.4. The molecule has 3 rings (SSSR count). The molecule has 0 saturated carbocycles. The summed E-state index contributed by atoms with van der Waals surface area (Å²) < 4.78 is 0. The summed E-state index contributed by atoms with van der Waals surface area (Å²) in [6.45, 7) is 3.17. The predicted octanol–water partition coefficient (Wildman–Crippen LogP) is 4.13. The SMILES string of the molecule is CC(NCCc1cccnc1)c1ccc2ccccc2c1. The van der Waals surface area contributed by atoms with E-state index < -0.39 is 0 Å². The largest absolute Gasteiger partial charge is 0.310 e. The van der Waals surface area contributed by atoms with Gasteiger partial charge in [-0.15, -0.1) is 0 Å². The number of rotatable bonds is 5. The van der Waals surface area contributed by atoms with Gasteiger partial charge in [0.1, 0.15) is 0 Å². The van der Waals surface area contributed by atoms with Gasteiger partial charge in [0.25, 0.3) is 0 Å². The predicted molar refractivity (Wildman–Crippen MR) is 88.3 cm³/mol. The van der Waals surface area contributed by atoms with Gasteiger partial charge in [-0.25, -0.2) is 0 Å². The molecule has 0 aliphatic rings. The fourth-order valence-corrected chi connectivity index (χ4v) is 2.57. The summed E-state index contributed by atoms with van der Waals surface area (Å²) in [4.78, 5) is 4.15. The van der Waals surface area contributed by atoms with Crippen LogP contribution in [0.4, 0.5) is 0 Å². The van der Waals surface area contributed by atoms with Gasteiger partial charge in [0.2, 0.25) is 0 Å². The first-order chi connectivity index (χ1) is 10.3. The van der Waals surface area contributed by atoms with Crippen molar-refractivity contribution in [1.82, 2.24) is 10.3 Å². The van der Waals surface area contributed by atoms with Gasteiger partial charge in [-0.05, 0) is 53.9 Å². The molecule has 2 heteroatoms. The van der Waals surface area contributed by atoms with Crippen molar-refractivity contribution < 1.29 is 0 Å². The van der Waals surface area contributed by atoms with Gasteiger partial charge in [0.15, 0.2) is 0 Å². The summed E-state index contributed by atoms with van der Waals surface area (Å²) in [7, 11) is 0. The maximum absolute atomic E-state index is 4.15. The van der Waals surface area contributed by atoms with Crippen LogP contribution in [0.5, 0.6) is 0 Å². The third-order valence-electron chi connectivity index (χ3n) is 3.86. The second-order valence-electron chi connectivity index (χ2n) is 5.39. The van der Waals surface area contributed by atoms with Crippen LogP contribution in [0.3, 0.4) is 0 Å². The second-order valence-corrected chi connectivity index (χ2v) is 5.39. The van der Waals surface area contributed by atoms with E-state index in [2.05, 4.69) is 65.8 Å².